The minimum absolute atomic E-state index is 1.15. The largest absolute Gasteiger partial charge is 0.307 e. The van der Waals surface area contributed by atoms with Crippen molar-refractivity contribution in [3.8, 4) is 33.6 Å². The summed E-state index contributed by atoms with van der Waals surface area (Å²) < 4.78 is 5.02. The van der Waals surface area contributed by atoms with E-state index in [1.54, 1.807) is 0 Å². The van der Waals surface area contributed by atoms with Crippen molar-refractivity contribution in [1.82, 2.24) is 9.13 Å². The van der Waals surface area contributed by atoms with Crippen LogP contribution in [0.25, 0.3) is 88.0 Å². The van der Waals surface area contributed by atoms with Gasteiger partial charge in [0.2, 0.25) is 0 Å². The van der Waals surface area contributed by atoms with Crippen LogP contribution < -0.4 is 0 Å². The van der Waals surface area contributed by atoms with E-state index >= 15 is 0 Å². The molecule has 0 aliphatic carbocycles. The molecule has 10 rings (SSSR count). The summed E-state index contributed by atoms with van der Waals surface area (Å²) in [7, 11) is 0. The molecule has 2 aromatic heterocycles. The average Bonchev–Trinajstić information content (AvgIpc) is 3.69. The second kappa shape index (κ2) is 10.6. The molecule has 0 unspecified atom stereocenters. The average molecular weight is 611 g/mol. The van der Waals surface area contributed by atoms with E-state index in [4.69, 9.17) is 0 Å². The Morgan fingerprint density at radius 3 is 1.42 bits per heavy atom. The van der Waals surface area contributed by atoms with Gasteiger partial charge in [0.25, 0.3) is 0 Å². The molecule has 0 N–H and O–H groups in total. The van der Waals surface area contributed by atoms with Crippen LogP contribution in [0.3, 0.4) is 0 Å². The van der Waals surface area contributed by atoms with Crippen LogP contribution in [-0.2, 0) is 0 Å². The fraction of sp³-hybridized carbons (Fsp3) is 0. The van der Waals surface area contributed by atoms with Gasteiger partial charge >= 0.3 is 0 Å². The van der Waals surface area contributed by atoms with Crippen LogP contribution in [0.2, 0.25) is 0 Å². The summed E-state index contributed by atoms with van der Waals surface area (Å²) in [6.07, 6.45) is 0. The number of hydrogen-bond acceptors (Lipinski definition) is 0. The highest BCUT2D eigenvalue weighted by Crippen LogP contribution is 2.47. The van der Waals surface area contributed by atoms with E-state index in [1.165, 1.54) is 76.6 Å². The zero-order valence-electron chi connectivity index (χ0n) is 26.2. The molecule has 0 bridgehead atoms. The summed E-state index contributed by atoms with van der Waals surface area (Å²) in [5.41, 5.74) is 12.0. The molecule has 0 aliphatic rings. The molecule has 2 nitrogen and oxygen atoms in total. The molecule has 48 heavy (non-hydrogen) atoms. The quantitative estimate of drug-likeness (QED) is 0.175. The number of fused-ring (bicyclic) bond motifs is 10. The predicted octanol–water partition coefficient (Wildman–Crippen LogP) is 12.4. The van der Waals surface area contributed by atoms with Crippen LogP contribution >= 0.6 is 0 Å². The molecule has 0 aliphatic heterocycles. The van der Waals surface area contributed by atoms with Crippen molar-refractivity contribution in [1.29, 1.82) is 0 Å². The Labute approximate surface area is 278 Å². The number of rotatable bonds is 4. The predicted molar refractivity (Wildman–Crippen MR) is 203 cm³/mol. The highest BCUT2D eigenvalue weighted by atomic mass is 15.1. The Morgan fingerprint density at radius 1 is 0.271 bits per heavy atom. The van der Waals surface area contributed by atoms with Gasteiger partial charge in [0.15, 0.2) is 0 Å². The highest BCUT2D eigenvalue weighted by molar-refractivity contribution is 6.34. The third-order valence-corrected chi connectivity index (χ3v) is 9.88. The van der Waals surface area contributed by atoms with E-state index in [0.29, 0.717) is 0 Å². The number of benzene rings is 8. The molecular formula is C46H30N2. The Morgan fingerprint density at radius 2 is 0.750 bits per heavy atom. The molecule has 0 atom stereocenters. The Balaban J connectivity index is 1.44. The Kier molecular flexibility index (Phi) is 5.91. The van der Waals surface area contributed by atoms with E-state index < -0.39 is 0 Å². The van der Waals surface area contributed by atoms with Crippen LogP contribution in [0.15, 0.2) is 182 Å². The van der Waals surface area contributed by atoms with E-state index in [1.807, 2.05) is 0 Å². The maximum Gasteiger partial charge on any atom is 0.0810 e. The highest BCUT2D eigenvalue weighted by Gasteiger charge is 2.26. The minimum atomic E-state index is 1.15. The first-order valence-electron chi connectivity index (χ1n) is 16.5. The normalized spacial score (nSPS) is 11.8. The zero-order chi connectivity index (χ0) is 31.6. The van der Waals surface area contributed by atoms with Gasteiger partial charge in [-0.2, -0.15) is 0 Å². The Hall–Kier alpha value is -6.38. The number of hydrogen-bond donors (Lipinski definition) is 0. The lowest BCUT2D eigenvalue weighted by atomic mass is 9.97. The molecule has 0 amide bonds. The van der Waals surface area contributed by atoms with Gasteiger partial charge < -0.3 is 9.13 Å². The van der Waals surface area contributed by atoms with Gasteiger partial charge in [0.05, 0.1) is 22.1 Å². The molecule has 0 radical (unpaired) electrons. The van der Waals surface area contributed by atoms with Crippen molar-refractivity contribution < 1.29 is 0 Å². The van der Waals surface area contributed by atoms with Crippen molar-refractivity contribution in [3.05, 3.63) is 182 Å². The SMILES string of the molecule is c1ccc(-c2ccc(-n3c4c5ccccc5c5ccccc5c4c4c3c3cc(-c5ccccc5)ccc3n4-c3ccccc3)cc2)cc1. The summed E-state index contributed by atoms with van der Waals surface area (Å²) in [4.78, 5) is 0. The number of aromatic nitrogens is 2. The van der Waals surface area contributed by atoms with E-state index in [2.05, 4.69) is 191 Å². The van der Waals surface area contributed by atoms with Crippen LogP contribution in [0.4, 0.5) is 0 Å². The second-order valence-electron chi connectivity index (χ2n) is 12.5. The first-order valence-corrected chi connectivity index (χ1v) is 16.5. The summed E-state index contributed by atoms with van der Waals surface area (Å²) >= 11 is 0. The molecule has 2 heteroatoms. The lowest BCUT2D eigenvalue weighted by Crippen LogP contribution is -1.96. The van der Waals surface area contributed by atoms with Gasteiger partial charge in [0, 0.05) is 27.5 Å². The first-order chi connectivity index (χ1) is 23.8. The number of nitrogens with zero attached hydrogens (tertiary/aromatic N) is 2. The monoisotopic (exact) mass is 610 g/mol. The van der Waals surface area contributed by atoms with Crippen molar-refractivity contribution in [2.45, 2.75) is 0 Å². The van der Waals surface area contributed by atoms with Gasteiger partial charge in [-0.05, 0) is 74.8 Å². The molecule has 224 valence electrons. The topological polar surface area (TPSA) is 9.86 Å². The maximum atomic E-state index is 2.53. The fourth-order valence-electron chi connectivity index (χ4n) is 7.78. The lowest BCUT2D eigenvalue weighted by Gasteiger charge is -2.14. The fourth-order valence-corrected chi connectivity index (χ4v) is 7.78. The van der Waals surface area contributed by atoms with Gasteiger partial charge in [-0.15, -0.1) is 0 Å². The van der Waals surface area contributed by atoms with Gasteiger partial charge in [-0.25, -0.2) is 0 Å². The summed E-state index contributed by atoms with van der Waals surface area (Å²) in [5.74, 6) is 0. The summed E-state index contributed by atoms with van der Waals surface area (Å²) in [5, 5.41) is 7.55. The second-order valence-corrected chi connectivity index (χ2v) is 12.5. The van der Waals surface area contributed by atoms with Crippen LogP contribution in [0.1, 0.15) is 0 Å². The molecule has 0 spiro atoms. The molecule has 2 heterocycles. The van der Waals surface area contributed by atoms with Crippen molar-refractivity contribution >= 4 is 54.4 Å². The van der Waals surface area contributed by atoms with Crippen molar-refractivity contribution in [2.75, 3.05) is 0 Å². The third-order valence-electron chi connectivity index (χ3n) is 9.88. The molecule has 8 aromatic carbocycles. The summed E-state index contributed by atoms with van der Waals surface area (Å²) in [6, 6.07) is 66.1. The summed E-state index contributed by atoms with van der Waals surface area (Å²) in [6.45, 7) is 0. The third kappa shape index (κ3) is 3.93. The van der Waals surface area contributed by atoms with E-state index in [9.17, 15) is 0 Å². The van der Waals surface area contributed by atoms with E-state index in [-0.39, 0.29) is 0 Å². The molecule has 0 saturated heterocycles. The van der Waals surface area contributed by atoms with Crippen molar-refractivity contribution in [2.24, 2.45) is 0 Å². The van der Waals surface area contributed by atoms with Gasteiger partial charge in [0.1, 0.15) is 0 Å². The van der Waals surface area contributed by atoms with Gasteiger partial charge in [-0.1, -0.05) is 146 Å². The molecule has 0 fully saturated rings. The van der Waals surface area contributed by atoms with Crippen molar-refractivity contribution in [3.63, 3.8) is 0 Å². The van der Waals surface area contributed by atoms with Crippen LogP contribution in [0.5, 0.6) is 0 Å². The minimum Gasteiger partial charge on any atom is -0.307 e. The molecule has 10 aromatic rings. The number of para-hydroxylation sites is 1. The standard InChI is InChI=1S/C46H30N2/c1-4-14-31(15-5-1)33-24-27-36(28-25-33)48-44-40-23-13-11-21-38(40)37-20-10-12-22-39(37)43(44)46-45(48)41-30-34(32-16-6-2-7-17-32)26-29-42(41)47(46)35-18-8-3-9-19-35/h1-30H. The smallest absolute Gasteiger partial charge is 0.0810 e. The molecular weight excluding hydrogens is 581 g/mol. The Bertz CT molecular complexity index is 2790. The van der Waals surface area contributed by atoms with Gasteiger partial charge in [-0.3, -0.25) is 0 Å². The molecule has 0 saturated carbocycles. The first kappa shape index (κ1) is 26.8. The lowest BCUT2D eigenvalue weighted by molar-refractivity contribution is 1.18. The van der Waals surface area contributed by atoms with Crippen LogP contribution in [0, 0.1) is 0 Å². The zero-order valence-corrected chi connectivity index (χ0v) is 26.2. The maximum absolute atomic E-state index is 2.53. The van der Waals surface area contributed by atoms with Crippen LogP contribution in [-0.4, -0.2) is 9.13 Å². The van der Waals surface area contributed by atoms with E-state index in [0.717, 1.165) is 11.4 Å².